The Bertz CT molecular complexity index is 800. The highest BCUT2D eigenvalue weighted by Gasteiger charge is 2.23. The summed E-state index contributed by atoms with van der Waals surface area (Å²) in [5.74, 6) is 0. The molecule has 1 atom stereocenters. The zero-order valence-electron chi connectivity index (χ0n) is 11.5. The second kappa shape index (κ2) is 6.39. The molecule has 0 radical (unpaired) electrons. The van der Waals surface area contributed by atoms with Crippen LogP contribution in [0.2, 0.25) is 0 Å². The Balaban J connectivity index is 1.89. The van der Waals surface area contributed by atoms with Crippen molar-refractivity contribution in [1.82, 2.24) is 19.7 Å². The van der Waals surface area contributed by atoms with Crippen molar-refractivity contribution < 1.29 is 8.42 Å². The number of rotatable bonds is 6. The van der Waals surface area contributed by atoms with E-state index in [1.807, 2.05) is 30.3 Å². The van der Waals surface area contributed by atoms with Crippen molar-refractivity contribution in [2.75, 3.05) is 0 Å². The molecule has 1 N–H and O–H groups in total. The molecule has 2 heterocycles. The third-order valence-electron chi connectivity index (χ3n) is 3.07. The first-order chi connectivity index (χ1) is 10.6. The molecule has 0 unspecified atom stereocenters. The lowest BCUT2D eigenvalue weighted by Crippen LogP contribution is -2.31. The van der Waals surface area contributed by atoms with E-state index in [1.54, 1.807) is 29.9 Å². The summed E-state index contributed by atoms with van der Waals surface area (Å²) in [5, 5.41) is 9.83. The number of nitrogens with one attached hydrogen (secondary N) is 1. The summed E-state index contributed by atoms with van der Waals surface area (Å²) < 4.78 is 27.9. The van der Waals surface area contributed by atoms with E-state index in [2.05, 4.69) is 14.9 Å². The molecule has 114 valence electrons. The van der Waals surface area contributed by atoms with Crippen LogP contribution in [0.1, 0.15) is 11.6 Å². The van der Waals surface area contributed by atoms with Gasteiger partial charge in [-0.25, -0.2) is 13.1 Å². The van der Waals surface area contributed by atoms with E-state index in [1.165, 1.54) is 16.1 Å². The van der Waals surface area contributed by atoms with Gasteiger partial charge in [0.05, 0.1) is 25.0 Å². The lowest BCUT2D eigenvalue weighted by molar-refractivity contribution is 0.445. The van der Waals surface area contributed by atoms with E-state index in [4.69, 9.17) is 0 Å². The normalized spacial score (nSPS) is 13.1. The van der Waals surface area contributed by atoms with Gasteiger partial charge < -0.3 is 0 Å². The second-order valence-corrected chi connectivity index (χ2v) is 7.49. The maximum Gasteiger partial charge on any atom is 0.250 e. The quantitative estimate of drug-likeness (QED) is 0.748. The Morgan fingerprint density at radius 1 is 1.09 bits per heavy atom. The van der Waals surface area contributed by atoms with Crippen LogP contribution >= 0.6 is 11.3 Å². The van der Waals surface area contributed by atoms with E-state index in [0.717, 1.165) is 5.56 Å². The minimum absolute atomic E-state index is 0.293. The molecule has 0 bridgehead atoms. The van der Waals surface area contributed by atoms with Gasteiger partial charge in [0.1, 0.15) is 4.21 Å². The minimum Gasteiger partial charge on any atom is -0.206 e. The Hall–Kier alpha value is -2.03. The predicted molar refractivity (Wildman–Crippen MR) is 83.8 cm³/mol. The predicted octanol–water partition coefficient (Wildman–Crippen LogP) is 2.06. The van der Waals surface area contributed by atoms with Gasteiger partial charge in [-0.3, -0.25) is 0 Å². The van der Waals surface area contributed by atoms with Gasteiger partial charge in [0.25, 0.3) is 10.0 Å². The van der Waals surface area contributed by atoms with Gasteiger partial charge in [-0.2, -0.15) is 15.0 Å². The average molecular weight is 334 g/mol. The zero-order valence-corrected chi connectivity index (χ0v) is 13.2. The highest BCUT2D eigenvalue weighted by molar-refractivity contribution is 7.91. The van der Waals surface area contributed by atoms with Gasteiger partial charge in [-0.05, 0) is 17.0 Å². The number of benzene rings is 1. The molecule has 0 amide bonds. The van der Waals surface area contributed by atoms with Crippen LogP contribution in [0.15, 0.2) is 64.4 Å². The maximum atomic E-state index is 12.5. The third-order valence-corrected chi connectivity index (χ3v) is 5.94. The first kappa shape index (κ1) is 14.9. The highest BCUT2D eigenvalue weighted by Crippen LogP contribution is 2.21. The molecule has 1 aromatic carbocycles. The SMILES string of the molecule is O=S(=O)(N[C@@H](Cn1nccn1)c1ccccc1)c1cccs1. The number of sulfonamides is 1. The van der Waals surface area contributed by atoms with Crippen LogP contribution in [0.3, 0.4) is 0 Å². The van der Waals surface area contributed by atoms with Crippen molar-refractivity contribution in [2.24, 2.45) is 0 Å². The third kappa shape index (κ3) is 3.41. The molecular formula is C14H14N4O2S2. The first-order valence-electron chi connectivity index (χ1n) is 6.60. The van der Waals surface area contributed by atoms with Gasteiger partial charge in [0.15, 0.2) is 0 Å². The van der Waals surface area contributed by atoms with Crippen LogP contribution in [0, 0.1) is 0 Å². The van der Waals surface area contributed by atoms with Crippen molar-refractivity contribution in [1.29, 1.82) is 0 Å². The fourth-order valence-corrected chi connectivity index (χ4v) is 4.28. The van der Waals surface area contributed by atoms with Gasteiger partial charge in [-0.1, -0.05) is 36.4 Å². The van der Waals surface area contributed by atoms with Crippen LogP contribution in [0.5, 0.6) is 0 Å². The molecule has 0 saturated heterocycles. The molecule has 2 aromatic heterocycles. The second-order valence-electron chi connectivity index (χ2n) is 4.60. The summed E-state index contributed by atoms with van der Waals surface area (Å²) in [6.07, 6.45) is 3.13. The van der Waals surface area contributed by atoms with E-state index in [9.17, 15) is 8.42 Å². The molecule has 3 rings (SSSR count). The topological polar surface area (TPSA) is 76.9 Å². The van der Waals surface area contributed by atoms with Gasteiger partial charge in [0, 0.05) is 0 Å². The monoisotopic (exact) mass is 334 g/mol. The Morgan fingerprint density at radius 3 is 2.45 bits per heavy atom. The molecule has 0 aliphatic heterocycles. The van der Waals surface area contributed by atoms with E-state index in [0.29, 0.717) is 10.8 Å². The molecule has 0 aliphatic carbocycles. The Labute approximate surface area is 132 Å². The highest BCUT2D eigenvalue weighted by atomic mass is 32.2. The average Bonchev–Trinajstić information content (AvgIpc) is 3.21. The maximum absolute atomic E-state index is 12.5. The lowest BCUT2D eigenvalue weighted by Gasteiger charge is -2.18. The van der Waals surface area contributed by atoms with Crippen LogP contribution in [0.4, 0.5) is 0 Å². The molecule has 8 heteroatoms. The fourth-order valence-electron chi connectivity index (χ4n) is 2.06. The molecule has 0 spiro atoms. The summed E-state index contributed by atoms with van der Waals surface area (Å²) in [7, 11) is -3.57. The number of thiophene rings is 1. The number of hydrogen-bond acceptors (Lipinski definition) is 5. The van der Waals surface area contributed by atoms with Crippen LogP contribution < -0.4 is 4.72 Å². The van der Waals surface area contributed by atoms with E-state index >= 15 is 0 Å². The molecule has 0 fully saturated rings. The first-order valence-corrected chi connectivity index (χ1v) is 8.96. The molecule has 22 heavy (non-hydrogen) atoms. The van der Waals surface area contributed by atoms with Crippen molar-refractivity contribution in [3.63, 3.8) is 0 Å². The smallest absolute Gasteiger partial charge is 0.206 e. The van der Waals surface area contributed by atoms with Crippen molar-refractivity contribution in [3.05, 3.63) is 65.8 Å². The Morgan fingerprint density at radius 2 is 1.82 bits per heavy atom. The summed E-state index contributed by atoms with van der Waals surface area (Å²) in [6, 6.07) is 12.3. The van der Waals surface area contributed by atoms with Crippen LogP contribution in [-0.4, -0.2) is 23.4 Å². The van der Waals surface area contributed by atoms with Gasteiger partial charge in [-0.15, -0.1) is 11.3 Å². The van der Waals surface area contributed by atoms with Crippen molar-refractivity contribution >= 4 is 21.4 Å². The van der Waals surface area contributed by atoms with Crippen LogP contribution in [0.25, 0.3) is 0 Å². The standard InChI is InChI=1S/C14H14N4O2S2/c19-22(20,14-7-4-10-21-14)17-13(11-18-15-8-9-16-18)12-5-2-1-3-6-12/h1-10,13,17H,11H2/t13-/m0/s1. The van der Waals surface area contributed by atoms with Gasteiger partial charge >= 0.3 is 0 Å². The van der Waals surface area contributed by atoms with Gasteiger partial charge in [0.2, 0.25) is 0 Å². The fraction of sp³-hybridized carbons (Fsp3) is 0.143. The van der Waals surface area contributed by atoms with E-state index < -0.39 is 16.1 Å². The molecule has 0 saturated carbocycles. The largest absolute Gasteiger partial charge is 0.250 e. The number of nitrogens with zero attached hydrogens (tertiary/aromatic N) is 3. The number of aromatic nitrogens is 3. The summed E-state index contributed by atoms with van der Waals surface area (Å²) in [5.41, 5.74) is 0.861. The summed E-state index contributed by atoms with van der Waals surface area (Å²) in [4.78, 5) is 1.47. The minimum atomic E-state index is -3.57. The summed E-state index contributed by atoms with van der Waals surface area (Å²) >= 11 is 1.19. The summed E-state index contributed by atoms with van der Waals surface area (Å²) in [6.45, 7) is 0.321. The number of hydrogen-bond donors (Lipinski definition) is 1. The Kier molecular flexibility index (Phi) is 4.32. The molecule has 0 aliphatic rings. The van der Waals surface area contributed by atoms with Crippen molar-refractivity contribution in [2.45, 2.75) is 16.8 Å². The van der Waals surface area contributed by atoms with Crippen LogP contribution in [-0.2, 0) is 16.6 Å². The molecular weight excluding hydrogens is 320 g/mol. The van der Waals surface area contributed by atoms with E-state index in [-0.39, 0.29) is 0 Å². The van der Waals surface area contributed by atoms with Crippen molar-refractivity contribution in [3.8, 4) is 0 Å². The molecule has 3 aromatic rings. The lowest BCUT2D eigenvalue weighted by atomic mass is 10.1. The molecule has 6 nitrogen and oxygen atoms in total. The zero-order chi connectivity index (χ0) is 15.4.